The maximum atomic E-state index is 6.11. The molecule has 0 unspecified atom stereocenters. The molecule has 16 aromatic carbocycles. The van der Waals surface area contributed by atoms with Gasteiger partial charge in [-0.3, -0.25) is 0 Å². The van der Waals surface area contributed by atoms with Crippen molar-refractivity contribution in [3.63, 3.8) is 0 Å². The van der Waals surface area contributed by atoms with E-state index in [1.165, 1.54) is 199 Å². The summed E-state index contributed by atoms with van der Waals surface area (Å²) in [5, 5.41) is 23.8. The molecule has 0 aliphatic rings. The minimum absolute atomic E-state index is 0.00104. The van der Waals surface area contributed by atoms with Crippen molar-refractivity contribution in [1.29, 1.82) is 0 Å². The minimum Gasteiger partial charge on any atom is -0.456 e. The summed E-state index contributed by atoms with van der Waals surface area (Å²) >= 11 is 3.81. The first-order valence-corrected chi connectivity index (χ1v) is 45.5. The van der Waals surface area contributed by atoms with Crippen molar-refractivity contribution in [2.75, 3.05) is 0 Å². The molecule has 9 heteroatoms. The Labute approximate surface area is 736 Å². The monoisotopic (exact) mass is 1660 g/mol. The number of fused-ring (bicyclic) bond motifs is 28. The third-order valence-electron chi connectivity index (χ3n) is 25.3. The standard InChI is InChI=1S/C28H24N2.C22H19NO.2C22H19NS.C22H21N/c1-28(2,3)30-25-16-10-8-14-21(25)23-17-22-20-13-7-9-15-24(20)29(26(22)18-27(23)30)19-11-5-4-6-12-19;1-22(2,3)23-18-10-6-4-8-14(18)16-12-17-15-9-5-7-11-20(15)24-21(17)13-19(16)23;1-22(2,3)23-17-10-6-4-9-16(17)20-18(23)13-12-15-14-8-5-7-11-19(14)24-21(15)20;1-22(2,3)23-18-10-6-4-8-14(18)16-12-17-15-9-5-7-11-20(15)24-21(17)13-19(16)23;1-22(2,3)16-12-14-17(15-13-16)23-20-10-6-4-8-18(20)19-9-5-7-11-21(19)23/h4-18H,1-3H3;3*4-13H,1-3H3;4-15H,1-3H3. The number of benzene rings is 16. The Morgan fingerprint density at radius 1 is 0.200 bits per heavy atom. The first kappa shape index (κ1) is 78.8. The van der Waals surface area contributed by atoms with Crippen LogP contribution in [0.4, 0.5) is 0 Å². The van der Waals surface area contributed by atoms with Gasteiger partial charge in [0.25, 0.3) is 0 Å². The van der Waals surface area contributed by atoms with Crippen LogP contribution in [0.25, 0.3) is 204 Å². The van der Waals surface area contributed by atoms with Crippen LogP contribution in [-0.4, -0.2) is 27.4 Å². The normalized spacial score (nSPS) is 12.6. The second kappa shape index (κ2) is 29.7. The summed E-state index contributed by atoms with van der Waals surface area (Å²) in [4.78, 5) is 0. The van der Waals surface area contributed by atoms with Gasteiger partial charge in [0.1, 0.15) is 11.2 Å². The van der Waals surface area contributed by atoms with E-state index in [-0.39, 0.29) is 27.6 Å². The molecular formula is C116H102N6OS2. The van der Waals surface area contributed by atoms with Gasteiger partial charge in [-0.05, 0) is 215 Å². The van der Waals surface area contributed by atoms with Crippen molar-refractivity contribution in [3.05, 3.63) is 351 Å². The highest BCUT2D eigenvalue weighted by molar-refractivity contribution is 7.27. The van der Waals surface area contributed by atoms with Gasteiger partial charge in [-0.2, -0.15) is 0 Å². The molecule has 0 bridgehead atoms. The van der Waals surface area contributed by atoms with Crippen molar-refractivity contribution in [2.24, 2.45) is 0 Å². The van der Waals surface area contributed by atoms with Crippen LogP contribution >= 0.6 is 22.7 Å². The van der Waals surface area contributed by atoms with Crippen LogP contribution in [0.15, 0.2) is 350 Å². The SMILES string of the molecule is CC(C)(C)c1ccc(-n2c3ccccc3c3ccccc32)cc1.CC(C)(C)n1c2ccccc2c2c3sc4ccccc4c3ccc21.CC(C)(C)n1c2ccccc2c2cc3c(cc21)oc1ccccc13.CC(C)(C)n1c2ccccc2c2cc3c(cc21)sc1ccccc13.CC(C)(C)n1c2ccccc2c2cc3c4ccccc4n(-c4ccccc4)c3cc21. The molecule has 0 atom stereocenters. The van der Waals surface area contributed by atoms with E-state index in [1.807, 2.05) is 34.8 Å². The van der Waals surface area contributed by atoms with E-state index in [4.69, 9.17) is 4.42 Å². The number of rotatable bonds is 2. The smallest absolute Gasteiger partial charge is 0.137 e. The van der Waals surface area contributed by atoms with E-state index in [0.717, 1.165) is 11.2 Å². The molecule has 0 N–H and O–H groups in total. The first-order chi connectivity index (χ1) is 60.2. The number of nitrogens with zero attached hydrogens (tertiary/aromatic N) is 6. The Bertz CT molecular complexity index is 8270. The zero-order chi connectivity index (χ0) is 85.9. The van der Waals surface area contributed by atoms with Crippen LogP contribution in [-0.2, 0) is 27.6 Å². The Kier molecular flexibility index (Phi) is 18.7. The predicted octanol–water partition coefficient (Wildman–Crippen LogP) is 34.0. The molecule has 0 saturated carbocycles. The largest absolute Gasteiger partial charge is 0.456 e. The van der Waals surface area contributed by atoms with Crippen LogP contribution in [0.1, 0.15) is 109 Å². The molecule has 7 nitrogen and oxygen atoms in total. The van der Waals surface area contributed by atoms with Gasteiger partial charge in [-0.1, -0.05) is 239 Å². The van der Waals surface area contributed by atoms with Gasteiger partial charge in [0, 0.05) is 177 Å². The highest BCUT2D eigenvalue weighted by atomic mass is 32.1. The lowest BCUT2D eigenvalue weighted by molar-refractivity contribution is 0.423. The number of para-hydroxylation sites is 9. The van der Waals surface area contributed by atoms with E-state index in [1.54, 1.807) is 0 Å². The second-order valence-corrected chi connectivity index (χ2v) is 40.8. The molecule has 125 heavy (non-hydrogen) atoms. The van der Waals surface area contributed by atoms with Gasteiger partial charge in [-0.15, -0.1) is 22.7 Å². The highest BCUT2D eigenvalue weighted by Crippen LogP contribution is 2.48. The van der Waals surface area contributed by atoms with E-state index in [9.17, 15) is 0 Å². The molecule has 0 aliphatic carbocycles. The van der Waals surface area contributed by atoms with Crippen LogP contribution in [0.3, 0.4) is 0 Å². The fraction of sp³-hybridized carbons (Fsp3) is 0.172. The summed E-state index contributed by atoms with van der Waals surface area (Å²) in [6.07, 6.45) is 0. The van der Waals surface area contributed by atoms with Crippen molar-refractivity contribution < 1.29 is 4.42 Å². The lowest BCUT2D eigenvalue weighted by atomic mass is 9.87. The summed E-state index contributed by atoms with van der Waals surface area (Å²) in [7, 11) is 0. The zero-order valence-electron chi connectivity index (χ0n) is 73.8. The highest BCUT2D eigenvalue weighted by Gasteiger charge is 2.28. The third-order valence-corrected chi connectivity index (χ3v) is 27.6. The van der Waals surface area contributed by atoms with Gasteiger partial charge in [0.15, 0.2) is 0 Å². The van der Waals surface area contributed by atoms with Gasteiger partial charge in [0.2, 0.25) is 0 Å². The van der Waals surface area contributed by atoms with Gasteiger partial charge in [0.05, 0.1) is 44.1 Å². The summed E-state index contributed by atoms with van der Waals surface area (Å²) in [6, 6.07) is 125. The minimum atomic E-state index is -0.0153. The number of aromatic nitrogens is 6. The number of hydrogen-bond acceptors (Lipinski definition) is 3. The van der Waals surface area contributed by atoms with Gasteiger partial charge < -0.3 is 31.8 Å². The summed E-state index contributed by atoms with van der Waals surface area (Å²) < 4.78 is 26.3. The Morgan fingerprint density at radius 3 is 1.04 bits per heavy atom. The molecule has 614 valence electrons. The summed E-state index contributed by atoms with van der Waals surface area (Å²) in [6.45, 7) is 34.1. The average molecular weight is 1660 g/mol. The third kappa shape index (κ3) is 13.3. The van der Waals surface area contributed by atoms with E-state index >= 15 is 0 Å². The van der Waals surface area contributed by atoms with Crippen molar-refractivity contribution in [3.8, 4) is 11.4 Å². The maximum absolute atomic E-state index is 6.11. The average Bonchev–Trinajstić information content (AvgIpc) is 1.58. The number of thiophene rings is 2. The number of furan rings is 1. The van der Waals surface area contributed by atoms with Crippen LogP contribution in [0.2, 0.25) is 0 Å². The molecule has 0 aliphatic heterocycles. The summed E-state index contributed by atoms with van der Waals surface area (Å²) in [5.41, 5.74) is 21.4. The molecule has 0 amide bonds. The predicted molar refractivity (Wildman–Crippen MR) is 545 cm³/mol. The van der Waals surface area contributed by atoms with Crippen molar-refractivity contribution >= 4 is 216 Å². The van der Waals surface area contributed by atoms with E-state index < -0.39 is 0 Å². The molecule has 0 fully saturated rings. The lowest BCUT2D eigenvalue weighted by Gasteiger charge is -2.24. The molecule has 9 heterocycles. The topological polar surface area (TPSA) is 42.7 Å². The molecule has 0 spiro atoms. The molecular weight excluding hydrogens is 1560 g/mol. The van der Waals surface area contributed by atoms with Crippen molar-refractivity contribution in [2.45, 2.75) is 131 Å². The van der Waals surface area contributed by atoms with Gasteiger partial charge in [-0.25, -0.2) is 0 Å². The Balaban J connectivity index is 0.0000000959. The van der Waals surface area contributed by atoms with Gasteiger partial charge >= 0.3 is 0 Å². The molecule has 25 aromatic rings. The second-order valence-electron chi connectivity index (χ2n) is 38.7. The maximum Gasteiger partial charge on any atom is 0.137 e. The summed E-state index contributed by atoms with van der Waals surface area (Å²) in [5.74, 6) is 0. The van der Waals surface area contributed by atoms with E-state index in [2.05, 4.69) is 465 Å². The fourth-order valence-electron chi connectivity index (χ4n) is 20.1. The Morgan fingerprint density at radius 2 is 0.544 bits per heavy atom. The van der Waals surface area contributed by atoms with Crippen LogP contribution < -0.4 is 0 Å². The number of hydrogen-bond donors (Lipinski definition) is 0. The molecule has 0 radical (unpaired) electrons. The van der Waals surface area contributed by atoms with Crippen molar-refractivity contribution in [1.82, 2.24) is 27.4 Å². The lowest BCUT2D eigenvalue weighted by Crippen LogP contribution is -2.21. The molecule has 25 rings (SSSR count). The van der Waals surface area contributed by atoms with Crippen LogP contribution in [0, 0.1) is 0 Å². The fourth-order valence-corrected chi connectivity index (χ4v) is 22.5. The molecule has 0 saturated heterocycles. The Hall–Kier alpha value is -13.4. The van der Waals surface area contributed by atoms with Crippen LogP contribution in [0.5, 0.6) is 0 Å². The molecule has 9 aromatic heterocycles. The first-order valence-electron chi connectivity index (χ1n) is 43.9. The zero-order valence-corrected chi connectivity index (χ0v) is 75.4. The van der Waals surface area contributed by atoms with E-state index in [0.29, 0.717) is 0 Å². The quantitative estimate of drug-likeness (QED) is 0.170.